The van der Waals surface area contributed by atoms with Crippen molar-refractivity contribution in [3.8, 4) is 5.75 Å². The third-order valence-electron chi connectivity index (χ3n) is 5.07. The maximum absolute atomic E-state index is 13.2. The lowest BCUT2D eigenvalue weighted by molar-refractivity contribution is -0.116. The topological polar surface area (TPSA) is 79.8 Å². The van der Waals surface area contributed by atoms with E-state index in [1.807, 2.05) is 38.9 Å². The molecule has 1 heterocycles. The summed E-state index contributed by atoms with van der Waals surface area (Å²) in [5, 5.41) is 0.530. The summed E-state index contributed by atoms with van der Waals surface area (Å²) in [6, 6.07) is 10.2. The summed E-state index contributed by atoms with van der Waals surface area (Å²) < 4.78 is 31.9. The third kappa shape index (κ3) is 5.65. The summed E-state index contributed by atoms with van der Waals surface area (Å²) in [6.07, 6.45) is 0.704. The van der Waals surface area contributed by atoms with Crippen LogP contribution in [0.15, 0.2) is 41.3 Å². The molecule has 7 nitrogen and oxygen atoms in total. The highest BCUT2D eigenvalue weighted by Gasteiger charge is 2.26. The van der Waals surface area contributed by atoms with Gasteiger partial charge in [-0.15, -0.1) is 0 Å². The number of anilines is 1. The molecular formula is C23H29N3O4S2. The molecule has 0 spiro atoms. The zero-order valence-corrected chi connectivity index (χ0v) is 20.7. The van der Waals surface area contributed by atoms with Crippen molar-refractivity contribution in [2.24, 2.45) is 0 Å². The minimum absolute atomic E-state index is 0.0932. The number of benzene rings is 2. The summed E-state index contributed by atoms with van der Waals surface area (Å²) in [4.78, 5) is 21.6. The van der Waals surface area contributed by atoms with Crippen LogP contribution < -0.4 is 9.64 Å². The zero-order chi connectivity index (χ0) is 23.5. The standard InChI is InChI=1S/C23H29N3O4S2/c1-16-13-17(2)22-20(14-16)31-23(24-22)26(12-6-11-25(3)4)21(27)15-32(28,29)19-9-7-18(30-5)8-10-19/h7-10,13-14H,6,11-12,15H2,1-5H3. The van der Waals surface area contributed by atoms with E-state index in [0.717, 1.165) is 27.9 Å². The number of aryl methyl sites for hydroxylation is 2. The van der Waals surface area contributed by atoms with Crippen LogP contribution in [0.25, 0.3) is 10.2 Å². The van der Waals surface area contributed by atoms with Gasteiger partial charge in [-0.05, 0) is 82.4 Å². The number of thiazole rings is 1. The van der Waals surface area contributed by atoms with Crippen molar-refractivity contribution in [2.75, 3.05) is 44.9 Å². The molecule has 0 radical (unpaired) electrons. The van der Waals surface area contributed by atoms with Gasteiger partial charge in [-0.3, -0.25) is 9.69 Å². The molecule has 3 rings (SSSR count). The van der Waals surface area contributed by atoms with Gasteiger partial charge in [0, 0.05) is 6.54 Å². The average Bonchev–Trinajstić information content (AvgIpc) is 3.14. The van der Waals surface area contributed by atoms with E-state index < -0.39 is 21.5 Å². The largest absolute Gasteiger partial charge is 0.497 e. The van der Waals surface area contributed by atoms with Gasteiger partial charge in [0.15, 0.2) is 15.0 Å². The highest BCUT2D eigenvalue weighted by molar-refractivity contribution is 7.92. The molecule has 32 heavy (non-hydrogen) atoms. The first-order chi connectivity index (χ1) is 15.1. The number of amides is 1. The molecule has 1 amide bonds. The van der Waals surface area contributed by atoms with Crippen LogP contribution >= 0.6 is 11.3 Å². The van der Waals surface area contributed by atoms with Crippen LogP contribution in [0.2, 0.25) is 0 Å². The molecule has 0 aliphatic carbocycles. The zero-order valence-electron chi connectivity index (χ0n) is 19.1. The Morgan fingerprint density at radius 2 is 1.78 bits per heavy atom. The number of aromatic nitrogens is 1. The lowest BCUT2D eigenvalue weighted by atomic mass is 10.1. The van der Waals surface area contributed by atoms with Gasteiger partial charge >= 0.3 is 0 Å². The van der Waals surface area contributed by atoms with Crippen molar-refractivity contribution in [3.05, 3.63) is 47.5 Å². The molecule has 172 valence electrons. The molecule has 0 atom stereocenters. The molecular weight excluding hydrogens is 446 g/mol. The molecule has 0 saturated heterocycles. The first-order valence-electron chi connectivity index (χ1n) is 10.3. The van der Waals surface area contributed by atoms with Crippen molar-refractivity contribution >= 4 is 42.4 Å². The Balaban J connectivity index is 1.90. The molecule has 3 aromatic rings. The Morgan fingerprint density at radius 1 is 1.09 bits per heavy atom. The van der Waals surface area contributed by atoms with Crippen LogP contribution in [-0.2, 0) is 14.6 Å². The predicted octanol–water partition coefficient (Wildman–Crippen LogP) is 3.68. The second kappa shape index (κ2) is 9.97. The maximum atomic E-state index is 13.2. The van der Waals surface area contributed by atoms with Gasteiger partial charge in [-0.1, -0.05) is 17.4 Å². The number of carbonyl (C=O) groups is 1. The van der Waals surface area contributed by atoms with Crippen molar-refractivity contribution in [1.82, 2.24) is 9.88 Å². The Kier molecular flexibility index (Phi) is 7.53. The van der Waals surface area contributed by atoms with Crippen molar-refractivity contribution in [3.63, 3.8) is 0 Å². The summed E-state index contributed by atoms with van der Waals surface area (Å²) in [7, 11) is 1.63. The van der Waals surface area contributed by atoms with Crippen LogP contribution in [-0.4, -0.2) is 64.3 Å². The monoisotopic (exact) mass is 475 g/mol. The molecule has 1 aromatic heterocycles. The van der Waals surface area contributed by atoms with E-state index in [9.17, 15) is 13.2 Å². The number of hydrogen-bond donors (Lipinski definition) is 0. The van der Waals surface area contributed by atoms with Crippen LogP contribution in [0, 0.1) is 13.8 Å². The number of sulfone groups is 1. The second-order valence-corrected chi connectivity index (χ2v) is 11.1. The molecule has 9 heteroatoms. The van der Waals surface area contributed by atoms with E-state index in [2.05, 4.69) is 6.07 Å². The first kappa shape index (κ1) is 24.2. The van der Waals surface area contributed by atoms with Gasteiger partial charge in [-0.2, -0.15) is 0 Å². The van der Waals surface area contributed by atoms with Gasteiger partial charge in [0.2, 0.25) is 5.91 Å². The minimum Gasteiger partial charge on any atom is -0.497 e. The number of nitrogens with zero attached hydrogens (tertiary/aromatic N) is 3. The average molecular weight is 476 g/mol. The van der Waals surface area contributed by atoms with Gasteiger partial charge in [0.25, 0.3) is 0 Å². The summed E-state index contributed by atoms with van der Waals surface area (Å²) in [6.45, 7) is 5.18. The Morgan fingerprint density at radius 3 is 2.41 bits per heavy atom. The lowest BCUT2D eigenvalue weighted by Crippen LogP contribution is -2.37. The number of hydrogen-bond acceptors (Lipinski definition) is 7. The van der Waals surface area contributed by atoms with Gasteiger partial charge in [0.05, 0.1) is 22.2 Å². The Hall–Kier alpha value is -2.49. The van der Waals surface area contributed by atoms with E-state index in [1.54, 1.807) is 12.1 Å². The predicted molar refractivity (Wildman–Crippen MR) is 130 cm³/mol. The highest BCUT2D eigenvalue weighted by atomic mass is 32.2. The summed E-state index contributed by atoms with van der Waals surface area (Å²) >= 11 is 1.42. The minimum atomic E-state index is -3.80. The van der Waals surface area contributed by atoms with Gasteiger partial charge < -0.3 is 9.64 Å². The molecule has 0 saturated carbocycles. The third-order valence-corrected chi connectivity index (χ3v) is 7.71. The number of ether oxygens (including phenoxy) is 1. The lowest BCUT2D eigenvalue weighted by Gasteiger charge is -2.21. The fraction of sp³-hybridized carbons (Fsp3) is 0.391. The maximum Gasteiger partial charge on any atom is 0.244 e. The van der Waals surface area contributed by atoms with Crippen LogP contribution in [0.5, 0.6) is 5.75 Å². The highest BCUT2D eigenvalue weighted by Crippen LogP contribution is 2.32. The van der Waals surface area contributed by atoms with E-state index in [1.165, 1.54) is 35.5 Å². The Labute approximate surface area is 193 Å². The van der Waals surface area contributed by atoms with E-state index in [0.29, 0.717) is 23.8 Å². The first-order valence-corrected chi connectivity index (χ1v) is 12.8. The normalized spacial score (nSPS) is 11.8. The summed E-state index contributed by atoms with van der Waals surface area (Å²) in [5.74, 6) is -0.538. The molecule has 0 fully saturated rings. The smallest absolute Gasteiger partial charge is 0.244 e. The van der Waals surface area contributed by atoms with Gasteiger partial charge in [-0.25, -0.2) is 13.4 Å². The fourth-order valence-corrected chi connectivity index (χ4v) is 5.84. The second-order valence-electron chi connectivity index (χ2n) is 8.06. The van der Waals surface area contributed by atoms with Crippen molar-refractivity contribution in [2.45, 2.75) is 25.2 Å². The molecule has 0 unspecified atom stereocenters. The number of fused-ring (bicyclic) bond motifs is 1. The molecule has 0 aliphatic heterocycles. The number of rotatable bonds is 9. The van der Waals surface area contributed by atoms with E-state index in [4.69, 9.17) is 9.72 Å². The van der Waals surface area contributed by atoms with E-state index in [-0.39, 0.29) is 4.90 Å². The fourth-order valence-electron chi connectivity index (χ4n) is 3.45. The Bertz CT molecular complexity index is 1200. The van der Waals surface area contributed by atoms with Crippen molar-refractivity contribution in [1.29, 1.82) is 0 Å². The quantitative estimate of drug-likeness (QED) is 0.470. The van der Waals surface area contributed by atoms with Crippen LogP contribution in [0.4, 0.5) is 5.13 Å². The molecule has 2 aromatic carbocycles. The van der Waals surface area contributed by atoms with Crippen LogP contribution in [0.3, 0.4) is 0 Å². The number of carbonyl (C=O) groups excluding carboxylic acids is 1. The SMILES string of the molecule is COc1ccc(S(=O)(=O)CC(=O)N(CCCN(C)C)c2nc3c(C)cc(C)cc3s2)cc1. The van der Waals surface area contributed by atoms with Gasteiger partial charge in [0.1, 0.15) is 11.5 Å². The summed E-state index contributed by atoms with van der Waals surface area (Å²) in [5.41, 5.74) is 3.01. The van der Waals surface area contributed by atoms with Crippen molar-refractivity contribution < 1.29 is 17.9 Å². The van der Waals surface area contributed by atoms with Crippen LogP contribution in [0.1, 0.15) is 17.5 Å². The number of methoxy groups -OCH3 is 1. The molecule has 0 N–H and O–H groups in total. The van der Waals surface area contributed by atoms with E-state index >= 15 is 0 Å². The molecule has 0 bridgehead atoms. The molecule has 0 aliphatic rings.